The maximum Gasteiger partial charge on any atom is 0.295 e. The van der Waals surface area contributed by atoms with Crippen LogP contribution >= 0.6 is 11.3 Å². The molecule has 4 aromatic rings. The van der Waals surface area contributed by atoms with Crippen molar-refractivity contribution in [3.63, 3.8) is 0 Å². The lowest BCUT2D eigenvalue weighted by Gasteiger charge is -2.25. The van der Waals surface area contributed by atoms with Crippen molar-refractivity contribution < 1.29 is 28.1 Å². The van der Waals surface area contributed by atoms with Gasteiger partial charge in [0.1, 0.15) is 11.3 Å². The fourth-order valence-electron chi connectivity index (χ4n) is 4.85. The molecule has 1 aliphatic rings. The van der Waals surface area contributed by atoms with Crippen molar-refractivity contribution in [1.29, 1.82) is 0 Å². The van der Waals surface area contributed by atoms with Crippen LogP contribution in [0.4, 0.5) is 10.8 Å². The number of nitro benzene ring substituents is 1. The minimum atomic E-state index is -4.09. The number of nitrogens with zero attached hydrogens (tertiary/aromatic N) is 4. The van der Waals surface area contributed by atoms with Crippen LogP contribution in [0.5, 0.6) is 0 Å². The van der Waals surface area contributed by atoms with Gasteiger partial charge < -0.3 is 9.94 Å². The summed E-state index contributed by atoms with van der Waals surface area (Å²) >= 11 is 0.781. The number of aliphatic hydroxyl groups excluding tert-OH is 1. The van der Waals surface area contributed by atoms with E-state index in [1.54, 1.807) is 6.21 Å². The van der Waals surface area contributed by atoms with Crippen LogP contribution in [0.15, 0.2) is 105 Å². The number of anilines is 1. The Labute approximate surface area is 257 Å². The predicted molar refractivity (Wildman–Crippen MR) is 166 cm³/mol. The van der Waals surface area contributed by atoms with Gasteiger partial charge in [0.05, 0.1) is 28.3 Å². The van der Waals surface area contributed by atoms with Gasteiger partial charge >= 0.3 is 0 Å². The van der Waals surface area contributed by atoms with E-state index < -0.39 is 32.5 Å². The van der Waals surface area contributed by atoms with E-state index >= 15 is 0 Å². The molecule has 1 atom stereocenters. The Morgan fingerprint density at radius 2 is 1.75 bits per heavy atom. The molecular formula is C31H28N4O7S2. The average Bonchev–Trinajstić information content (AvgIpc) is 3.60. The largest absolute Gasteiger partial charge is 0.503 e. The molecule has 44 heavy (non-hydrogen) atoms. The average molecular weight is 633 g/mol. The zero-order chi connectivity index (χ0) is 31.6. The third-order valence-electron chi connectivity index (χ3n) is 7.22. The number of carbonyl (C=O) groups is 1. The summed E-state index contributed by atoms with van der Waals surface area (Å²) in [5.41, 5.74) is 3.66. The number of hydrogen-bond donors (Lipinski definition) is 1. The summed E-state index contributed by atoms with van der Waals surface area (Å²) in [4.78, 5) is 34.2. The quantitative estimate of drug-likeness (QED) is 0.125. The number of amides is 1. The number of non-ortho nitro benzene ring substituents is 1. The highest BCUT2D eigenvalue weighted by molar-refractivity contribution is 7.93. The van der Waals surface area contributed by atoms with Crippen LogP contribution < -0.4 is 4.90 Å². The summed E-state index contributed by atoms with van der Waals surface area (Å²) in [5, 5.41) is 26.0. The fraction of sp³-hybridized carbons (Fsp3) is 0.194. The van der Waals surface area contributed by atoms with E-state index in [4.69, 9.17) is 4.84 Å². The first kappa shape index (κ1) is 30.6. The van der Waals surface area contributed by atoms with E-state index in [-0.39, 0.29) is 32.3 Å². The van der Waals surface area contributed by atoms with Crippen molar-refractivity contribution in [3.05, 3.63) is 123 Å². The van der Waals surface area contributed by atoms with E-state index in [0.29, 0.717) is 5.57 Å². The molecule has 13 heteroatoms. The number of hydrogen-bond acceptors (Lipinski definition) is 10. The maximum atomic E-state index is 13.6. The lowest BCUT2D eigenvalue weighted by Crippen LogP contribution is -2.30. The number of benzene rings is 3. The molecule has 0 saturated carbocycles. The van der Waals surface area contributed by atoms with Crippen LogP contribution in [0.1, 0.15) is 48.1 Å². The lowest BCUT2D eigenvalue weighted by atomic mass is 9.92. The van der Waals surface area contributed by atoms with Crippen LogP contribution in [0.25, 0.3) is 0 Å². The third-order valence-corrected chi connectivity index (χ3v) is 10.4. The summed E-state index contributed by atoms with van der Waals surface area (Å²) in [6, 6.07) is 18.9. The van der Waals surface area contributed by atoms with Crippen LogP contribution in [-0.2, 0) is 25.9 Å². The van der Waals surface area contributed by atoms with E-state index in [1.165, 1.54) is 12.0 Å². The van der Waals surface area contributed by atoms with Crippen molar-refractivity contribution in [1.82, 2.24) is 4.98 Å². The highest BCUT2D eigenvalue weighted by atomic mass is 32.2. The second-order valence-corrected chi connectivity index (χ2v) is 13.5. The number of sulfone groups is 1. The summed E-state index contributed by atoms with van der Waals surface area (Å²) < 4.78 is 26.6. The number of thiazole rings is 1. The number of aromatic nitrogens is 1. The van der Waals surface area contributed by atoms with E-state index in [2.05, 4.69) is 24.0 Å². The van der Waals surface area contributed by atoms with E-state index in [9.17, 15) is 28.4 Å². The number of nitro groups is 1. The van der Waals surface area contributed by atoms with Gasteiger partial charge in [-0.2, -0.15) is 0 Å². The lowest BCUT2D eigenvalue weighted by molar-refractivity contribution is -0.384. The van der Waals surface area contributed by atoms with Gasteiger partial charge in [0.25, 0.3) is 11.6 Å². The smallest absolute Gasteiger partial charge is 0.295 e. The van der Waals surface area contributed by atoms with Gasteiger partial charge in [0.2, 0.25) is 9.84 Å². The minimum absolute atomic E-state index is 0.0843. The minimum Gasteiger partial charge on any atom is -0.503 e. The number of carbonyl (C=O) groups excluding carboxylic acids is 1. The zero-order valence-electron chi connectivity index (χ0n) is 23.9. The Kier molecular flexibility index (Phi) is 8.61. The summed E-state index contributed by atoms with van der Waals surface area (Å²) in [6.07, 6.45) is 2.95. The molecule has 0 radical (unpaired) electrons. The maximum absolute atomic E-state index is 13.6. The molecule has 1 amide bonds. The molecule has 0 saturated heterocycles. The van der Waals surface area contributed by atoms with Crippen LogP contribution in [0.2, 0.25) is 0 Å². The normalized spacial score (nSPS) is 15.5. The topological polar surface area (TPSA) is 152 Å². The van der Waals surface area contributed by atoms with Gasteiger partial charge in [-0.1, -0.05) is 78.9 Å². The van der Waals surface area contributed by atoms with Crippen molar-refractivity contribution >= 4 is 44.1 Å². The first-order valence-electron chi connectivity index (χ1n) is 13.5. The molecule has 3 aromatic carbocycles. The van der Waals surface area contributed by atoms with Gasteiger partial charge in [-0.15, -0.1) is 0 Å². The molecule has 0 aliphatic carbocycles. The first-order valence-corrected chi connectivity index (χ1v) is 15.8. The monoisotopic (exact) mass is 632 g/mol. The third kappa shape index (κ3) is 5.96. The standard InChI is InChI=1S/C31H28N4O7S2/c1-19(2)22-8-10-23(11-9-22)28-26(16-20-4-6-21(7-5-20)17-33-42-3)29(36)30(37)34(28)31-32-18-27(43-31)44(40,41)25-14-12-24(13-15-25)35(38)39/h4-15,17-19,28,36H,16H2,1-3H3/b33-17-. The highest BCUT2D eigenvalue weighted by Crippen LogP contribution is 2.44. The SMILES string of the molecule is CO/N=C\c1ccc(CC2=C(O)C(=O)N(c3ncc(S(=O)(=O)c4ccc([N+](=O)[O-])cc4)s3)C2c2ccc(C(C)C)cc2)cc1. The Balaban J connectivity index is 1.53. The van der Waals surface area contributed by atoms with Crippen molar-refractivity contribution in [2.45, 2.75) is 41.3 Å². The fourth-order valence-corrected chi connectivity index (χ4v) is 7.40. The van der Waals surface area contributed by atoms with Crippen LogP contribution in [0.3, 0.4) is 0 Å². The molecule has 11 nitrogen and oxygen atoms in total. The van der Waals surface area contributed by atoms with Gasteiger partial charge in [0, 0.05) is 17.7 Å². The van der Waals surface area contributed by atoms with Crippen molar-refractivity contribution in [2.24, 2.45) is 5.16 Å². The molecule has 2 heterocycles. The van der Waals surface area contributed by atoms with Gasteiger partial charge in [0.15, 0.2) is 10.9 Å². The summed E-state index contributed by atoms with van der Waals surface area (Å²) in [6.45, 7) is 4.14. The number of aliphatic hydroxyl groups is 1. The van der Waals surface area contributed by atoms with Crippen molar-refractivity contribution in [3.8, 4) is 0 Å². The Morgan fingerprint density at radius 1 is 1.09 bits per heavy atom. The molecule has 5 rings (SSSR count). The predicted octanol–water partition coefficient (Wildman–Crippen LogP) is 6.13. The molecule has 0 fully saturated rings. The molecule has 1 unspecified atom stereocenters. The Morgan fingerprint density at radius 3 is 2.34 bits per heavy atom. The Bertz CT molecular complexity index is 1860. The number of rotatable bonds is 10. The van der Waals surface area contributed by atoms with Gasteiger partial charge in [-0.05, 0) is 46.7 Å². The molecule has 1 N–H and O–H groups in total. The highest BCUT2D eigenvalue weighted by Gasteiger charge is 2.43. The second-order valence-electron chi connectivity index (χ2n) is 10.3. The Hall–Kier alpha value is -4.88. The molecule has 1 aliphatic heterocycles. The van der Waals surface area contributed by atoms with Gasteiger partial charge in [-0.3, -0.25) is 19.8 Å². The van der Waals surface area contributed by atoms with Crippen LogP contribution in [0, 0.1) is 10.1 Å². The van der Waals surface area contributed by atoms with E-state index in [1.807, 2.05) is 48.5 Å². The summed E-state index contributed by atoms with van der Waals surface area (Å²) in [5.74, 6) is -0.849. The first-order chi connectivity index (χ1) is 21.0. The molecule has 1 aromatic heterocycles. The van der Waals surface area contributed by atoms with Crippen molar-refractivity contribution in [2.75, 3.05) is 12.0 Å². The zero-order valence-corrected chi connectivity index (χ0v) is 25.6. The van der Waals surface area contributed by atoms with Gasteiger partial charge in [-0.25, -0.2) is 13.4 Å². The second kappa shape index (κ2) is 12.4. The van der Waals surface area contributed by atoms with E-state index in [0.717, 1.165) is 64.1 Å². The molecular weight excluding hydrogens is 604 g/mol. The number of oxime groups is 1. The molecule has 226 valence electrons. The molecule has 0 bridgehead atoms. The van der Waals surface area contributed by atoms with Crippen LogP contribution in [-0.4, -0.2) is 42.7 Å². The molecule has 0 spiro atoms. The summed E-state index contributed by atoms with van der Waals surface area (Å²) in [7, 11) is -2.64.